The van der Waals surface area contributed by atoms with E-state index >= 15 is 0 Å². The van der Waals surface area contributed by atoms with Gasteiger partial charge in [-0.05, 0) is 18.2 Å². The summed E-state index contributed by atoms with van der Waals surface area (Å²) in [5.74, 6) is -0.917. The number of sulfonamides is 1. The second-order valence-corrected chi connectivity index (χ2v) is 5.89. The van der Waals surface area contributed by atoms with Crippen LogP contribution in [0, 0.1) is 15.9 Å². The molecular weight excluding hydrogens is 325 g/mol. The fourth-order valence-electron chi connectivity index (χ4n) is 1.51. The first-order valence-electron chi connectivity index (χ1n) is 5.37. The molecule has 1 aromatic carbocycles. The number of rotatable bonds is 4. The minimum absolute atomic E-state index is 0.0437. The van der Waals surface area contributed by atoms with E-state index in [1.54, 1.807) is 0 Å². The van der Waals surface area contributed by atoms with Crippen molar-refractivity contribution >= 4 is 33.0 Å². The number of aromatic nitrogens is 1. The number of nitrogens with zero attached hydrogens (tertiary/aromatic N) is 2. The van der Waals surface area contributed by atoms with E-state index in [1.165, 1.54) is 12.3 Å². The fraction of sp³-hybridized carbons (Fsp3) is 0. The zero-order chi connectivity index (χ0) is 15.6. The van der Waals surface area contributed by atoms with Crippen molar-refractivity contribution in [3.05, 3.63) is 57.6 Å². The van der Waals surface area contributed by atoms with Crippen LogP contribution in [-0.4, -0.2) is 18.3 Å². The predicted molar refractivity (Wildman–Crippen MR) is 73.1 cm³/mol. The third-order valence-electron chi connectivity index (χ3n) is 2.42. The van der Waals surface area contributed by atoms with E-state index in [9.17, 15) is 22.9 Å². The first-order chi connectivity index (χ1) is 9.81. The summed E-state index contributed by atoms with van der Waals surface area (Å²) in [5.41, 5.74) is -0.916. The number of hydrogen-bond acceptors (Lipinski definition) is 5. The van der Waals surface area contributed by atoms with Gasteiger partial charge in [0.1, 0.15) is 5.82 Å². The summed E-state index contributed by atoms with van der Waals surface area (Å²) < 4.78 is 39.4. The molecule has 0 radical (unpaired) electrons. The van der Waals surface area contributed by atoms with Crippen LogP contribution in [0.2, 0.25) is 5.02 Å². The third-order valence-corrected chi connectivity index (χ3v) is 4.16. The minimum Gasteiger partial charge on any atom is -0.276 e. The highest BCUT2D eigenvalue weighted by Crippen LogP contribution is 2.28. The zero-order valence-electron chi connectivity index (χ0n) is 10.2. The van der Waals surface area contributed by atoms with Crippen molar-refractivity contribution in [2.75, 3.05) is 4.72 Å². The first-order valence-corrected chi connectivity index (χ1v) is 7.23. The van der Waals surface area contributed by atoms with Crippen molar-refractivity contribution in [3.8, 4) is 0 Å². The summed E-state index contributed by atoms with van der Waals surface area (Å²) in [5, 5.41) is 10.9. The second kappa shape index (κ2) is 5.62. The van der Waals surface area contributed by atoms with Crippen LogP contribution in [0.4, 0.5) is 15.8 Å². The van der Waals surface area contributed by atoms with Crippen molar-refractivity contribution in [1.82, 2.24) is 4.98 Å². The van der Waals surface area contributed by atoms with Gasteiger partial charge in [-0.2, -0.15) is 0 Å². The first kappa shape index (κ1) is 15.1. The molecule has 0 amide bonds. The molecular formula is C11H7ClFN3O4S. The Kier molecular flexibility index (Phi) is 4.05. The number of hydrogen-bond donors (Lipinski definition) is 1. The van der Waals surface area contributed by atoms with E-state index in [-0.39, 0.29) is 10.7 Å². The Morgan fingerprint density at radius 3 is 2.67 bits per heavy atom. The average Bonchev–Trinajstić information content (AvgIpc) is 2.40. The molecule has 10 heteroatoms. The van der Waals surface area contributed by atoms with Crippen LogP contribution >= 0.6 is 11.6 Å². The summed E-state index contributed by atoms with van der Waals surface area (Å²) in [7, 11) is -4.31. The van der Waals surface area contributed by atoms with Crippen molar-refractivity contribution in [3.63, 3.8) is 0 Å². The summed E-state index contributed by atoms with van der Waals surface area (Å²) in [6.45, 7) is 0. The van der Waals surface area contributed by atoms with Crippen molar-refractivity contribution < 1.29 is 17.7 Å². The number of halogens is 2. The molecule has 0 spiro atoms. The topological polar surface area (TPSA) is 102 Å². The molecule has 110 valence electrons. The molecule has 0 atom stereocenters. The Morgan fingerprint density at radius 2 is 2.05 bits per heavy atom. The van der Waals surface area contributed by atoms with Crippen molar-refractivity contribution in [2.45, 2.75) is 4.90 Å². The predicted octanol–water partition coefficient (Wildman–Crippen LogP) is 2.58. The highest BCUT2D eigenvalue weighted by Gasteiger charge is 2.27. The molecule has 0 saturated heterocycles. The highest BCUT2D eigenvalue weighted by molar-refractivity contribution is 7.92. The lowest BCUT2D eigenvalue weighted by Crippen LogP contribution is -2.15. The van der Waals surface area contributed by atoms with Crippen LogP contribution in [0.25, 0.3) is 0 Å². The third kappa shape index (κ3) is 3.26. The second-order valence-electron chi connectivity index (χ2n) is 3.83. The Hall–Kier alpha value is -2.26. The maximum Gasteiger partial charge on any atom is 0.292 e. The summed E-state index contributed by atoms with van der Waals surface area (Å²) in [6.07, 6.45) is 2.50. The van der Waals surface area contributed by atoms with E-state index in [4.69, 9.17) is 11.6 Å². The molecule has 2 aromatic rings. The van der Waals surface area contributed by atoms with Gasteiger partial charge >= 0.3 is 0 Å². The van der Waals surface area contributed by atoms with Gasteiger partial charge in [-0.15, -0.1) is 0 Å². The molecule has 1 aromatic heterocycles. The molecule has 21 heavy (non-hydrogen) atoms. The van der Waals surface area contributed by atoms with Crippen LogP contribution in [0.1, 0.15) is 0 Å². The van der Waals surface area contributed by atoms with Crippen LogP contribution in [0.5, 0.6) is 0 Å². The van der Waals surface area contributed by atoms with Crippen LogP contribution in [0.3, 0.4) is 0 Å². The van der Waals surface area contributed by atoms with Crippen molar-refractivity contribution in [1.29, 1.82) is 0 Å². The lowest BCUT2D eigenvalue weighted by Gasteiger charge is -2.09. The molecule has 7 nitrogen and oxygen atoms in total. The van der Waals surface area contributed by atoms with E-state index in [2.05, 4.69) is 9.71 Å². The molecule has 0 unspecified atom stereocenters. The number of benzene rings is 1. The smallest absolute Gasteiger partial charge is 0.276 e. The van der Waals surface area contributed by atoms with E-state index in [1.807, 2.05) is 0 Å². The largest absolute Gasteiger partial charge is 0.292 e. The number of nitrogens with one attached hydrogen (secondary N) is 1. The molecule has 2 rings (SSSR count). The van der Waals surface area contributed by atoms with Gasteiger partial charge in [0.05, 0.1) is 27.9 Å². The van der Waals surface area contributed by atoms with E-state index < -0.39 is 31.3 Å². The van der Waals surface area contributed by atoms with Gasteiger partial charge < -0.3 is 0 Å². The Morgan fingerprint density at radius 1 is 1.33 bits per heavy atom. The SMILES string of the molecule is O=[N+]([O-])c1cc(F)ccc1S(=O)(=O)Nc1cnccc1Cl. The standard InChI is InChI=1S/C11H7ClFN3O4S/c12-8-3-4-14-6-9(8)15-21(19,20)11-2-1-7(13)5-10(11)16(17)18/h1-6,15H. The monoisotopic (exact) mass is 331 g/mol. The molecule has 0 aliphatic rings. The summed E-state index contributed by atoms with van der Waals surface area (Å²) >= 11 is 5.78. The molecule has 0 fully saturated rings. The molecule has 0 saturated carbocycles. The average molecular weight is 332 g/mol. The normalized spacial score (nSPS) is 11.1. The van der Waals surface area contributed by atoms with Crippen molar-refractivity contribution in [2.24, 2.45) is 0 Å². The molecule has 0 aliphatic carbocycles. The van der Waals surface area contributed by atoms with Crippen LogP contribution in [0.15, 0.2) is 41.6 Å². The quantitative estimate of drug-likeness (QED) is 0.685. The fourth-order valence-corrected chi connectivity index (χ4v) is 2.94. The van der Waals surface area contributed by atoms with Gasteiger partial charge in [0.25, 0.3) is 15.7 Å². The highest BCUT2D eigenvalue weighted by atomic mass is 35.5. The van der Waals surface area contributed by atoms with E-state index in [0.29, 0.717) is 6.07 Å². The van der Waals surface area contributed by atoms with Gasteiger partial charge in [-0.3, -0.25) is 19.8 Å². The molecule has 1 heterocycles. The molecule has 0 aliphatic heterocycles. The number of nitro benzene ring substituents is 1. The van der Waals surface area contributed by atoms with Crippen LogP contribution < -0.4 is 4.72 Å². The maximum absolute atomic E-state index is 13.0. The minimum atomic E-state index is -4.31. The Labute approximate surface area is 123 Å². The zero-order valence-corrected chi connectivity index (χ0v) is 11.7. The lowest BCUT2D eigenvalue weighted by atomic mass is 10.3. The van der Waals surface area contributed by atoms with Gasteiger partial charge in [-0.1, -0.05) is 11.6 Å². The van der Waals surface area contributed by atoms with Gasteiger partial charge in [0.15, 0.2) is 4.90 Å². The number of pyridine rings is 1. The summed E-state index contributed by atoms with van der Waals surface area (Å²) in [4.78, 5) is 12.9. The summed E-state index contributed by atoms with van der Waals surface area (Å²) in [6, 6.07) is 3.49. The molecule has 0 bridgehead atoms. The van der Waals surface area contributed by atoms with Crippen LogP contribution in [-0.2, 0) is 10.0 Å². The van der Waals surface area contributed by atoms with Gasteiger partial charge in [0.2, 0.25) is 0 Å². The van der Waals surface area contributed by atoms with Gasteiger partial charge in [0, 0.05) is 6.20 Å². The lowest BCUT2D eigenvalue weighted by molar-refractivity contribution is -0.388. The maximum atomic E-state index is 13.0. The number of anilines is 1. The van der Waals surface area contributed by atoms with E-state index in [0.717, 1.165) is 18.3 Å². The Balaban J connectivity index is 2.50. The number of nitro groups is 1. The molecule has 1 N–H and O–H groups in total. The van der Waals surface area contributed by atoms with Gasteiger partial charge in [-0.25, -0.2) is 12.8 Å². The Bertz CT molecular complexity index is 813.